The summed E-state index contributed by atoms with van der Waals surface area (Å²) in [5.41, 5.74) is 4.30. The largest absolute Gasteiger partial charge is 0.497 e. The highest BCUT2D eigenvalue weighted by atomic mass is 16.5. The topological polar surface area (TPSA) is 68.8 Å². The Morgan fingerprint density at radius 1 is 0.833 bits per heavy atom. The number of ether oxygens (including phenoxy) is 3. The fourth-order valence-electron chi connectivity index (χ4n) is 3.42. The fraction of sp³-hybridized carbons (Fsp3) is 0.367. The van der Waals surface area contributed by atoms with Crippen molar-refractivity contribution < 1.29 is 19.0 Å². The Balaban J connectivity index is 0.00000154. The van der Waals surface area contributed by atoms with Gasteiger partial charge < -0.3 is 24.8 Å². The molecule has 2 N–H and O–H groups in total. The highest BCUT2D eigenvalue weighted by molar-refractivity contribution is 5.77. The molecule has 1 amide bonds. The third-order valence-corrected chi connectivity index (χ3v) is 5.23. The molecule has 0 aliphatic rings. The molecule has 3 aromatic carbocycles. The standard InChI is InChI=1S/C26H30N2O4.2C2H6/c1-18-5-7-19(8-6-18)16-28-25(29)17-32-21-11-9-20(10-12-21)26(27-2)23-14-13-22(30-3)15-24(23)31-4;2*1-2/h5-15,26-27H,16-17H2,1-4H3,(H,28,29);2*1-2H3. The van der Waals surface area contributed by atoms with E-state index in [-0.39, 0.29) is 18.6 Å². The van der Waals surface area contributed by atoms with Gasteiger partial charge in [0.15, 0.2) is 6.61 Å². The van der Waals surface area contributed by atoms with Crippen molar-refractivity contribution in [2.45, 2.75) is 47.2 Å². The number of hydrogen-bond donors (Lipinski definition) is 2. The van der Waals surface area contributed by atoms with Crippen molar-refractivity contribution in [3.05, 3.63) is 89.0 Å². The van der Waals surface area contributed by atoms with Crippen molar-refractivity contribution in [2.75, 3.05) is 27.9 Å². The Morgan fingerprint density at radius 2 is 1.44 bits per heavy atom. The summed E-state index contributed by atoms with van der Waals surface area (Å²) < 4.78 is 16.5. The first-order valence-corrected chi connectivity index (χ1v) is 12.5. The van der Waals surface area contributed by atoms with E-state index in [9.17, 15) is 4.79 Å². The predicted octanol–water partition coefficient (Wildman–Crippen LogP) is 6.07. The summed E-state index contributed by atoms with van der Waals surface area (Å²) in [5.74, 6) is 1.96. The van der Waals surface area contributed by atoms with E-state index in [1.165, 1.54) is 5.56 Å². The Labute approximate surface area is 217 Å². The molecule has 196 valence electrons. The van der Waals surface area contributed by atoms with E-state index in [4.69, 9.17) is 14.2 Å². The first-order valence-electron chi connectivity index (χ1n) is 12.5. The van der Waals surface area contributed by atoms with Gasteiger partial charge in [-0.2, -0.15) is 0 Å². The summed E-state index contributed by atoms with van der Waals surface area (Å²) in [4.78, 5) is 12.1. The number of carbonyl (C=O) groups is 1. The van der Waals surface area contributed by atoms with Gasteiger partial charge in [0.05, 0.1) is 20.3 Å². The Hall–Kier alpha value is -3.51. The third-order valence-electron chi connectivity index (χ3n) is 5.23. The van der Waals surface area contributed by atoms with Crippen LogP contribution >= 0.6 is 0 Å². The Kier molecular flexibility index (Phi) is 14.4. The van der Waals surface area contributed by atoms with Crippen LogP contribution < -0.4 is 24.8 Å². The summed E-state index contributed by atoms with van der Waals surface area (Å²) in [6.45, 7) is 10.5. The number of hydrogen-bond acceptors (Lipinski definition) is 5. The number of rotatable bonds is 10. The summed E-state index contributed by atoms with van der Waals surface area (Å²) in [6, 6.07) is 21.4. The van der Waals surface area contributed by atoms with Crippen LogP contribution in [0.25, 0.3) is 0 Å². The molecule has 1 atom stereocenters. The minimum absolute atomic E-state index is 0.0348. The van der Waals surface area contributed by atoms with Crippen LogP contribution in [-0.2, 0) is 11.3 Å². The molecule has 0 spiro atoms. The normalized spacial score (nSPS) is 10.6. The molecule has 1 unspecified atom stereocenters. The highest BCUT2D eigenvalue weighted by Gasteiger charge is 2.17. The van der Waals surface area contributed by atoms with E-state index in [0.29, 0.717) is 12.3 Å². The molecule has 0 fully saturated rings. The molecule has 36 heavy (non-hydrogen) atoms. The summed E-state index contributed by atoms with van der Waals surface area (Å²) in [6.07, 6.45) is 0. The molecule has 0 aliphatic carbocycles. The molecule has 0 saturated heterocycles. The third kappa shape index (κ3) is 9.27. The van der Waals surface area contributed by atoms with Crippen molar-refractivity contribution >= 4 is 5.91 Å². The van der Waals surface area contributed by atoms with E-state index in [1.807, 2.05) is 108 Å². The SMILES string of the molecule is CC.CC.CNC(c1ccc(OCC(=O)NCc2ccc(C)cc2)cc1)c1ccc(OC)cc1OC. The predicted molar refractivity (Wildman–Crippen MR) is 148 cm³/mol. The minimum Gasteiger partial charge on any atom is -0.497 e. The molecule has 0 aliphatic heterocycles. The molecule has 0 aromatic heterocycles. The zero-order valence-corrected chi connectivity index (χ0v) is 23.0. The van der Waals surface area contributed by atoms with Crippen molar-refractivity contribution in [2.24, 2.45) is 0 Å². The van der Waals surface area contributed by atoms with Gasteiger partial charge in [-0.15, -0.1) is 0 Å². The van der Waals surface area contributed by atoms with E-state index in [2.05, 4.69) is 10.6 Å². The first-order chi connectivity index (χ1) is 17.5. The minimum atomic E-state index is -0.161. The molecule has 0 saturated carbocycles. The maximum absolute atomic E-state index is 12.1. The van der Waals surface area contributed by atoms with Crippen molar-refractivity contribution in [3.63, 3.8) is 0 Å². The monoisotopic (exact) mass is 494 g/mol. The maximum Gasteiger partial charge on any atom is 0.258 e. The highest BCUT2D eigenvalue weighted by Crippen LogP contribution is 2.33. The van der Waals surface area contributed by atoms with Gasteiger partial charge in [-0.3, -0.25) is 4.79 Å². The van der Waals surface area contributed by atoms with Crippen LogP contribution in [0.4, 0.5) is 0 Å². The van der Waals surface area contributed by atoms with E-state index in [0.717, 1.165) is 28.2 Å². The molecule has 3 rings (SSSR count). The van der Waals surface area contributed by atoms with Crippen LogP contribution in [0.2, 0.25) is 0 Å². The molecule has 6 nitrogen and oxygen atoms in total. The van der Waals surface area contributed by atoms with Gasteiger partial charge in [0.25, 0.3) is 5.91 Å². The second-order valence-electron chi connectivity index (χ2n) is 7.45. The van der Waals surface area contributed by atoms with Gasteiger partial charge in [-0.25, -0.2) is 0 Å². The molecule has 0 radical (unpaired) electrons. The molecule has 3 aromatic rings. The number of carbonyl (C=O) groups excluding carboxylic acids is 1. The number of aryl methyl sites for hydroxylation is 1. The van der Waals surface area contributed by atoms with E-state index < -0.39 is 0 Å². The number of benzene rings is 3. The van der Waals surface area contributed by atoms with Gasteiger partial charge in [-0.05, 0) is 49.4 Å². The van der Waals surface area contributed by atoms with Crippen LogP contribution in [0.1, 0.15) is 56.0 Å². The van der Waals surface area contributed by atoms with Crippen LogP contribution in [0.15, 0.2) is 66.7 Å². The van der Waals surface area contributed by atoms with Gasteiger partial charge in [0.1, 0.15) is 17.2 Å². The van der Waals surface area contributed by atoms with Crippen LogP contribution in [0.3, 0.4) is 0 Å². The van der Waals surface area contributed by atoms with Crippen molar-refractivity contribution in [1.29, 1.82) is 0 Å². The van der Waals surface area contributed by atoms with Crippen molar-refractivity contribution in [1.82, 2.24) is 10.6 Å². The van der Waals surface area contributed by atoms with Crippen molar-refractivity contribution in [3.8, 4) is 17.2 Å². The molecule has 0 bridgehead atoms. The molecule has 0 heterocycles. The Morgan fingerprint density at radius 3 is 2.00 bits per heavy atom. The lowest BCUT2D eigenvalue weighted by Crippen LogP contribution is -2.28. The van der Waals surface area contributed by atoms with Gasteiger partial charge in [-0.1, -0.05) is 69.7 Å². The molecule has 6 heteroatoms. The number of methoxy groups -OCH3 is 2. The van der Waals surface area contributed by atoms with E-state index >= 15 is 0 Å². The quantitative estimate of drug-likeness (QED) is 0.358. The number of amides is 1. The molecular weight excluding hydrogens is 452 g/mol. The van der Waals surface area contributed by atoms with Crippen LogP contribution in [0.5, 0.6) is 17.2 Å². The second-order valence-corrected chi connectivity index (χ2v) is 7.45. The molecular formula is C30H42N2O4. The van der Waals surface area contributed by atoms with Gasteiger partial charge in [0, 0.05) is 18.2 Å². The first kappa shape index (κ1) is 30.5. The van der Waals surface area contributed by atoms with Gasteiger partial charge >= 0.3 is 0 Å². The second kappa shape index (κ2) is 17.0. The average molecular weight is 495 g/mol. The zero-order valence-electron chi connectivity index (χ0n) is 23.0. The smallest absolute Gasteiger partial charge is 0.258 e. The maximum atomic E-state index is 12.1. The summed E-state index contributed by atoms with van der Waals surface area (Å²) >= 11 is 0. The summed E-state index contributed by atoms with van der Waals surface area (Å²) in [5, 5.41) is 6.20. The fourth-order valence-corrected chi connectivity index (χ4v) is 3.42. The summed E-state index contributed by atoms with van der Waals surface area (Å²) in [7, 11) is 5.18. The van der Waals surface area contributed by atoms with Crippen LogP contribution in [0, 0.1) is 6.92 Å². The lowest BCUT2D eigenvalue weighted by Gasteiger charge is -2.21. The lowest BCUT2D eigenvalue weighted by atomic mass is 9.97. The van der Waals surface area contributed by atoms with E-state index in [1.54, 1.807) is 14.2 Å². The lowest BCUT2D eigenvalue weighted by molar-refractivity contribution is -0.123. The zero-order chi connectivity index (χ0) is 26.9. The van der Waals surface area contributed by atoms with Gasteiger partial charge in [0.2, 0.25) is 0 Å². The Bertz CT molecular complexity index is 1020. The average Bonchev–Trinajstić information content (AvgIpc) is 2.95. The van der Waals surface area contributed by atoms with Crippen LogP contribution in [-0.4, -0.2) is 33.8 Å². The number of nitrogens with one attached hydrogen (secondary N) is 2.